The summed E-state index contributed by atoms with van der Waals surface area (Å²) >= 11 is 0. The largest absolute Gasteiger partial charge is 0.446 e. The van der Waals surface area contributed by atoms with Crippen molar-refractivity contribution in [1.29, 1.82) is 0 Å². The van der Waals surface area contributed by atoms with Gasteiger partial charge in [0, 0.05) is 12.1 Å². The zero-order chi connectivity index (χ0) is 24.0. The molecule has 2 fully saturated rings. The molecule has 1 heterocycles. The van der Waals surface area contributed by atoms with Crippen molar-refractivity contribution < 1.29 is 22.7 Å². The van der Waals surface area contributed by atoms with Gasteiger partial charge in [0.25, 0.3) is 0 Å². The molecule has 0 spiro atoms. The fourth-order valence-electron chi connectivity index (χ4n) is 4.45. The second-order valence-electron chi connectivity index (χ2n) is 8.99. The van der Waals surface area contributed by atoms with Crippen LogP contribution in [0.25, 0.3) is 0 Å². The Kier molecular flexibility index (Phi) is 8.72. The number of sulfone groups is 1. The van der Waals surface area contributed by atoms with Crippen LogP contribution in [0.3, 0.4) is 0 Å². The van der Waals surface area contributed by atoms with Gasteiger partial charge in [0.05, 0.1) is 23.2 Å². The highest BCUT2D eigenvalue weighted by molar-refractivity contribution is 7.91. The standard InChI is InChI=1S/C23H36N4O5S/c1-4-15(3)24-23(29)32-18-11-10-16(12-18)19-14-21(27-26-19)25-22(28)13-17-8-6-7-9-20(17)33(30,31)5-2/h6-9,15-16,18-19,21,26-27H,4-5,10-14H2,1-3H3,(H,24,29)(H,25,28)/t15-,16-,18+,19?,21?/m0/s1. The molecule has 2 aliphatic rings. The normalized spacial score (nSPS) is 26.0. The summed E-state index contributed by atoms with van der Waals surface area (Å²) in [6.07, 6.45) is 3.43. The van der Waals surface area contributed by atoms with Crippen LogP contribution in [0, 0.1) is 5.92 Å². The molecule has 0 aromatic heterocycles. The highest BCUT2D eigenvalue weighted by Crippen LogP contribution is 2.33. The van der Waals surface area contributed by atoms with Gasteiger partial charge in [-0.25, -0.2) is 18.6 Å². The Bertz CT molecular complexity index is 939. The number of hydrogen-bond donors (Lipinski definition) is 4. The zero-order valence-electron chi connectivity index (χ0n) is 19.6. The summed E-state index contributed by atoms with van der Waals surface area (Å²) in [6, 6.07) is 6.90. The smallest absolute Gasteiger partial charge is 0.407 e. The third kappa shape index (κ3) is 6.91. The van der Waals surface area contributed by atoms with Crippen LogP contribution in [0.1, 0.15) is 58.4 Å². The summed E-state index contributed by atoms with van der Waals surface area (Å²) in [4.78, 5) is 24.8. The van der Waals surface area contributed by atoms with E-state index in [1.165, 1.54) is 0 Å². The third-order valence-corrected chi connectivity index (χ3v) is 8.38. The molecule has 3 rings (SSSR count). The Labute approximate surface area is 196 Å². The van der Waals surface area contributed by atoms with E-state index >= 15 is 0 Å². The lowest BCUT2D eigenvalue weighted by Gasteiger charge is -2.19. The van der Waals surface area contributed by atoms with Crippen LogP contribution in [-0.4, -0.2) is 50.5 Å². The minimum atomic E-state index is -3.39. The zero-order valence-corrected chi connectivity index (χ0v) is 20.4. The molecule has 4 N–H and O–H groups in total. The molecule has 5 atom stereocenters. The average molecular weight is 481 g/mol. The van der Waals surface area contributed by atoms with Crippen molar-refractivity contribution >= 4 is 21.8 Å². The van der Waals surface area contributed by atoms with Gasteiger partial charge in [0.15, 0.2) is 9.84 Å². The lowest BCUT2D eigenvalue weighted by molar-refractivity contribution is -0.121. The van der Waals surface area contributed by atoms with Crippen LogP contribution in [0.4, 0.5) is 4.79 Å². The van der Waals surface area contributed by atoms with Crippen LogP contribution < -0.4 is 21.5 Å². The molecule has 1 saturated heterocycles. The van der Waals surface area contributed by atoms with E-state index in [0.29, 0.717) is 17.9 Å². The quantitative estimate of drug-likeness (QED) is 0.426. The van der Waals surface area contributed by atoms with Crippen LogP contribution in [0.5, 0.6) is 0 Å². The number of amides is 2. The van der Waals surface area contributed by atoms with Crippen LogP contribution in [0.15, 0.2) is 29.2 Å². The fourth-order valence-corrected chi connectivity index (χ4v) is 5.58. The average Bonchev–Trinajstić information content (AvgIpc) is 3.43. The molecule has 1 aromatic carbocycles. The predicted molar refractivity (Wildman–Crippen MR) is 125 cm³/mol. The van der Waals surface area contributed by atoms with E-state index in [-0.39, 0.29) is 53.4 Å². The molecule has 184 valence electrons. The van der Waals surface area contributed by atoms with Crippen molar-refractivity contribution in [1.82, 2.24) is 21.5 Å². The SMILES string of the molecule is CC[C@H](C)NC(=O)O[C@@H]1CC[C@H](C2CC(NC(=O)Cc3ccccc3S(=O)(=O)CC)NN2)C1. The molecule has 1 aliphatic carbocycles. The van der Waals surface area contributed by atoms with Gasteiger partial charge in [-0.2, -0.15) is 0 Å². The van der Waals surface area contributed by atoms with Gasteiger partial charge in [-0.1, -0.05) is 32.0 Å². The fraction of sp³-hybridized carbons (Fsp3) is 0.652. The van der Waals surface area contributed by atoms with Gasteiger partial charge >= 0.3 is 6.09 Å². The minimum Gasteiger partial charge on any atom is -0.446 e. The molecule has 1 saturated carbocycles. The summed E-state index contributed by atoms with van der Waals surface area (Å²) in [6.45, 7) is 5.55. The van der Waals surface area contributed by atoms with E-state index < -0.39 is 9.84 Å². The molecule has 2 amide bonds. The predicted octanol–water partition coefficient (Wildman–Crippen LogP) is 2.02. The van der Waals surface area contributed by atoms with E-state index in [4.69, 9.17) is 4.74 Å². The Balaban J connectivity index is 1.47. The van der Waals surface area contributed by atoms with E-state index in [0.717, 1.165) is 25.7 Å². The summed E-state index contributed by atoms with van der Waals surface area (Å²) in [5, 5.41) is 5.78. The molecular weight excluding hydrogens is 444 g/mol. The number of rotatable bonds is 9. The maximum Gasteiger partial charge on any atom is 0.407 e. The molecule has 0 bridgehead atoms. The Morgan fingerprint density at radius 1 is 1.15 bits per heavy atom. The van der Waals surface area contributed by atoms with E-state index in [2.05, 4.69) is 21.5 Å². The summed E-state index contributed by atoms with van der Waals surface area (Å²) in [5.74, 6) is 0.103. The van der Waals surface area contributed by atoms with Crippen molar-refractivity contribution in [2.75, 3.05) is 5.75 Å². The number of hydrogen-bond acceptors (Lipinski definition) is 7. The number of carbonyl (C=O) groups is 2. The number of ether oxygens (including phenoxy) is 1. The first-order chi connectivity index (χ1) is 15.7. The minimum absolute atomic E-state index is 0.00286. The molecule has 2 unspecified atom stereocenters. The lowest BCUT2D eigenvalue weighted by atomic mass is 9.96. The van der Waals surface area contributed by atoms with Gasteiger partial charge in [0.1, 0.15) is 6.10 Å². The van der Waals surface area contributed by atoms with E-state index in [9.17, 15) is 18.0 Å². The first-order valence-corrected chi connectivity index (χ1v) is 13.4. The van der Waals surface area contributed by atoms with Gasteiger partial charge in [0.2, 0.25) is 5.91 Å². The van der Waals surface area contributed by atoms with Gasteiger partial charge in [-0.3, -0.25) is 10.2 Å². The van der Waals surface area contributed by atoms with Crippen molar-refractivity contribution in [3.05, 3.63) is 29.8 Å². The molecule has 10 heteroatoms. The Morgan fingerprint density at radius 3 is 2.64 bits per heavy atom. The van der Waals surface area contributed by atoms with Crippen molar-refractivity contribution in [2.24, 2.45) is 5.92 Å². The highest BCUT2D eigenvalue weighted by Gasteiger charge is 2.37. The number of benzene rings is 1. The number of carbonyl (C=O) groups excluding carboxylic acids is 2. The molecular formula is C23H36N4O5S. The maximum absolute atomic E-state index is 12.6. The highest BCUT2D eigenvalue weighted by atomic mass is 32.2. The van der Waals surface area contributed by atoms with Crippen molar-refractivity contribution in [3.63, 3.8) is 0 Å². The van der Waals surface area contributed by atoms with E-state index in [1.807, 2.05) is 13.8 Å². The number of hydrazine groups is 1. The van der Waals surface area contributed by atoms with Gasteiger partial charge in [-0.05, 0) is 56.6 Å². The summed E-state index contributed by atoms with van der Waals surface area (Å²) < 4.78 is 30.2. The van der Waals surface area contributed by atoms with Gasteiger partial charge < -0.3 is 15.4 Å². The molecule has 1 aromatic rings. The van der Waals surface area contributed by atoms with Crippen LogP contribution in [0.2, 0.25) is 0 Å². The topological polar surface area (TPSA) is 126 Å². The third-order valence-electron chi connectivity index (χ3n) is 6.55. The molecule has 9 nitrogen and oxygen atoms in total. The lowest BCUT2D eigenvalue weighted by Crippen LogP contribution is -2.45. The number of alkyl carbamates (subject to hydrolysis) is 1. The Morgan fingerprint density at radius 2 is 1.91 bits per heavy atom. The monoisotopic (exact) mass is 480 g/mol. The second-order valence-corrected chi connectivity index (χ2v) is 11.2. The molecule has 33 heavy (non-hydrogen) atoms. The van der Waals surface area contributed by atoms with Gasteiger partial charge in [-0.15, -0.1) is 0 Å². The Hall–Kier alpha value is -2.17. The second kappa shape index (κ2) is 11.3. The van der Waals surface area contributed by atoms with Crippen molar-refractivity contribution in [3.8, 4) is 0 Å². The number of nitrogens with one attached hydrogen (secondary N) is 4. The maximum atomic E-state index is 12.6. The molecule has 0 radical (unpaired) electrons. The first kappa shape index (κ1) is 25.5. The summed E-state index contributed by atoms with van der Waals surface area (Å²) in [5.41, 5.74) is 6.89. The van der Waals surface area contributed by atoms with E-state index in [1.54, 1.807) is 31.2 Å². The van der Waals surface area contributed by atoms with Crippen LogP contribution >= 0.6 is 0 Å². The van der Waals surface area contributed by atoms with Crippen molar-refractivity contribution in [2.45, 2.75) is 88.5 Å². The van der Waals surface area contributed by atoms with Crippen LogP contribution in [-0.2, 0) is 25.8 Å². The first-order valence-electron chi connectivity index (χ1n) is 11.8. The molecule has 1 aliphatic heterocycles. The summed E-state index contributed by atoms with van der Waals surface area (Å²) in [7, 11) is -3.39.